The van der Waals surface area contributed by atoms with Crippen LogP contribution in [0.4, 0.5) is 0 Å². The van der Waals surface area contributed by atoms with Gasteiger partial charge in [-0.2, -0.15) is 0 Å². The maximum absolute atomic E-state index is 11.6. The van der Waals surface area contributed by atoms with Crippen molar-refractivity contribution in [3.8, 4) is 0 Å². The van der Waals surface area contributed by atoms with E-state index >= 15 is 0 Å². The number of hydrogen-bond acceptors (Lipinski definition) is 4. The summed E-state index contributed by atoms with van der Waals surface area (Å²) in [5.41, 5.74) is 5.98. The fourth-order valence-electron chi connectivity index (χ4n) is 1.86. The second-order valence-corrected chi connectivity index (χ2v) is 7.79. The van der Waals surface area contributed by atoms with Gasteiger partial charge in [-0.05, 0) is 39.5 Å². The largest absolute Gasteiger partial charge is 0.378 e. The van der Waals surface area contributed by atoms with Crippen LogP contribution in [0, 0.1) is 0 Å². The normalized spacial score (nSPS) is 24.6. The number of hydrogen-bond donors (Lipinski definition) is 1. The molecule has 0 aromatic carbocycles. The molecule has 0 aromatic rings. The van der Waals surface area contributed by atoms with E-state index in [-0.39, 0.29) is 12.1 Å². The van der Waals surface area contributed by atoms with E-state index in [0.717, 1.165) is 25.9 Å². The molecule has 1 aliphatic rings. The molecule has 1 fully saturated rings. The highest BCUT2D eigenvalue weighted by Gasteiger charge is 2.36. The highest BCUT2D eigenvalue weighted by molar-refractivity contribution is 7.92. The van der Waals surface area contributed by atoms with Gasteiger partial charge in [-0.1, -0.05) is 0 Å². The fraction of sp³-hybridized carbons (Fsp3) is 1.00. The minimum atomic E-state index is -3.11. The van der Waals surface area contributed by atoms with Crippen molar-refractivity contribution in [2.24, 2.45) is 5.73 Å². The summed E-state index contributed by atoms with van der Waals surface area (Å²) in [6, 6.07) is -0.327. The van der Waals surface area contributed by atoms with Gasteiger partial charge >= 0.3 is 0 Å². The van der Waals surface area contributed by atoms with Gasteiger partial charge in [0, 0.05) is 18.9 Å². The predicted molar refractivity (Wildman–Crippen MR) is 65.1 cm³/mol. The van der Waals surface area contributed by atoms with Crippen molar-refractivity contribution in [1.82, 2.24) is 0 Å². The molecule has 0 bridgehead atoms. The highest BCUT2D eigenvalue weighted by atomic mass is 32.2. The molecule has 5 heteroatoms. The van der Waals surface area contributed by atoms with Crippen LogP contribution in [-0.4, -0.2) is 38.2 Å². The summed E-state index contributed by atoms with van der Waals surface area (Å²) < 4.78 is 27.8. The van der Waals surface area contributed by atoms with E-state index in [9.17, 15) is 8.42 Å². The molecule has 2 atom stereocenters. The molecule has 1 heterocycles. The summed E-state index contributed by atoms with van der Waals surface area (Å²) in [5, 5.41) is 0. The minimum absolute atomic E-state index is 0.279. The Hall–Kier alpha value is -0.130. The minimum Gasteiger partial charge on any atom is -0.378 e. The van der Waals surface area contributed by atoms with E-state index in [1.807, 2.05) is 0 Å². The number of sulfone groups is 1. The van der Waals surface area contributed by atoms with Crippen LogP contribution >= 0.6 is 0 Å². The van der Waals surface area contributed by atoms with E-state index in [1.54, 1.807) is 13.8 Å². The maximum atomic E-state index is 11.6. The molecule has 1 aliphatic heterocycles. The van der Waals surface area contributed by atoms with Gasteiger partial charge in [0.2, 0.25) is 0 Å². The van der Waals surface area contributed by atoms with Gasteiger partial charge in [-0.15, -0.1) is 0 Å². The second kappa shape index (κ2) is 5.02. The Bertz CT molecular complexity index is 318. The Morgan fingerprint density at radius 1 is 1.50 bits per heavy atom. The second-order valence-electron chi connectivity index (χ2n) is 5.19. The summed E-state index contributed by atoms with van der Waals surface area (Å²) in [7, 11) is -3.11. The van der Waals surface area contributed by atoms with Crippen molar-refractivity contribution in [1.29, 1.82) is 0 Å². The first-order valence-corrected chi connectivity index (χ1v) is 7.71. The Balaban J connectivity index is 2.48. The molecule has 0 aromatic heterocycles. The van der Waals surface area contributed by atoms with Crippen molar-refractivity contribution in [3.05, 3.63) is 0 Å². The summed E-state index contributed by atoms with van der Waals surface area (Å²) in [4.78, 5) is 0. The number of rotatable bonds is 5. The Kier molecular flexibility index (Phi) is 4.37. The third kappa shape index (κ3) is 3.18. The Morgan fingerprint density at radius 3 is 2.56 bits per heavy atom. The first kappa shape index (κ1) is 13.9. The first-order valence-electron chi connectivity index (χ1n) is 5.82. The lowest BCUT2D eigenvalue weighted by molar-refractivity contribution is 0.0998. The van der Waals surface area contributed by atoms with Gasteiger partial charge in [-0.25, -0.2) is 8.42 Å². The molecule has 1 rings (SSSR count). The lowest BCUT2D eigenvalue weighted by Gasteiger charge is -2.30. The molecule has 0 amide bonds. The summed E-state index contributed by atoms with van der Waals surface area (Å²) in [5.74, 6) is 0. The van der Waals surface area contributed by atoms with Crippen LogP contribution in [0.5, 0.6) is 0 Å². The van der Waals surface area contributed by atoms with Crippen molar-refractivity contribution < 1.29 is 13.2 Å². The van der Waals surface area contributed by atoms with Crippen LogP contribution in [-0.2, 0) is 14.6 Å². The van der Waals surface area contributed by atoms with Crippen LogP contribution in [0.15, 0.2) is 0 Å². The molecule has 0 spiro atoms. The molecule has 2 N–H and O–H groups in total. The van der Waals surface area contributed by atoms with Crippen molar-refractivity contribution >= 4 is 9.84 Å². The van der Waals surface area contributed by atoms with Gasteiger partial charge in [-0.3, -0.25) is 0 Å². The Labute approximate surface area is 98.5 Å². The molecule has 0 aliphatic carbocycles. The van der Waals surface area contributed by atoms with Crippen LogP contribution in [0.3, 0.4) is 0 Å². The van der Waals surface area contributed by atoms with Crippen LogP contribution in [0.25, 0.3) is 0 Å². The number of ether oxygens (including phenoxy) is 1. The molecule has 4 nitrogen and oxygen atoms in total. The van der Waals surface area contributed by atoms with E-state index in [2.05, 4.69) is 0 Å². The standard InChI is InChI=1S/C11H23NO3S/c1-11(2,16(3,13)14)10(12)7-6-9-5-4-8-15-9/h9-10H,4-8,12H2,1-3H3. The van der Waals surface area contributed by atoms with Crippen LogP contribution in [0.2, 0.25) is 0 Å². The predicted octanol–water partition coefficient (Wildman–Crippen LogP) is 1.10. The topological polar surface area (TPSA) is 69.4 Å². The Morgan fingerprint density at radius 2 is 2.12 bits per heavy atom. The third-order valence-electron chi connectivity index (χ3n) is 3.67. The molecular weight excluding hydrogens is 226 g/mol. The van der Waals surface area contributed by atoms with Crippen molar-refractivity contribution in [2.45, 2.75) is 56.4 Å². The van der Waals surface area contributed by atoms with Gasteiger partial charge in [0.15, 0.2) is 9.84 Å². The molecule has 16 heavy (non-hydrogen) atoms. The third-order valence-corrected chi connectivity index (χ3v) is 5.89. The molecular formula is C11H23NO3S. The zero-order chi connectivity index (χ0) is 12.4. The maximum Gasteiger partial charge on any atom is 0.154 e. The molecule has 0 saturated carbocycles. The zero-order valence-electron chi connectivity index (χ0n) is 10.4. The van der Waals surface area contributed by atoms with Gasteiger partial charge in [0.25, 0.3) is 0 Å². The molecule has 96 valence electrons. The zero-order valence-corrected chi connectivity index (χ0v) is 11.2. The highest BCUT2D eigenvalue weighted by Crippen LogP contribution is 2.24. The first-order chi connectivity index (χ1) is 7.25. The van der Waals surface area contributed by atoms with Crippen LogP contribution in [0.1, 0.15) is 39.5 Å². The smallest absolute Gasteiger partial charge is 0.154 e. The van der Waals surface area contributed by atoms with Gasteiger partial charge < -0.3 is 10.5 Å². The monoisotopic (exact) mass is 249 g/mol. The lowest BCUT2D eigenvalue weighted by Crippen LogP contribution is -2.49. The summed E-state index contributed by atoms with van der Waals surface area (Å²) in [6.45, 7) is 4.22. The summed E-state index contributed by atoms with van der Waals surface area (Å²) in [6.07, 6.45) is 5.27. The summed E-state index contributed by atoms with van der Waals surface area (Å²) >= 11 is 0. The lowest BCUT2D eigenvalue weighted by atomic mass is 9.97. The van der Waals surface area contributed by atoms with E-state index in [4.69, 9.17) is 10.5 Å². The van der Waals surface area contributed by atoms with E-state index < -0.39 is 14.6 Å². The van der Waals surface area contributed by atoms with Gasteiger partial charge in [0.05, 0.1) is 10.9 Å². The van der Waals surface area contributed by atoms with E-state index in [0.29, 0.717) is 6.42 Å². The van der Waals surface area contributed by atoms with Gasteiger partial charge in [0.1, 0.15) is 0 Å². The quantitative estimate of drug-likeness (QED) is 0.792. The molecule has 2 unspecified atom stereocenters. The van der Waals surface area contributed by atoms with E-state index in [1.165, 1.54) is 6.26 Å². The average molecular weight is 249 g/mol. The number of nitrogens with two attached hydrogens (primary N) is 1. The van der Waals surface area contributed by atoms with Crippen molar-refractivity contribution in [2.75, 3.05) is 12.9 Å². The SMILES string of the molecule is CC(C)(C(N)CCC1CCCO1)S(C)(=O)=O. The van der Waals surface area contributed by atoms with Crippen LogP contribution < -0.4 is 5.73 Å². The molecule has 0 radical (unpaired) electrons. The fourth-order valence-corrected chi connectivity index (χ4v) is 2.53. The molecule has 1 saturated heterocycles. The average Bonchev–Trinajstić information content (AvgIpc) is 2.64. The van der Waals surface area contributed by atoms with Crippen molar-refractivity contribution in [3.63, 3.8) is 0 Å².